The standard InChI is InChI=1S/C20H25F3N4OS.HI/c21-20(22,23)28-17-5-3-15(4-6-17)12-25-19(24)26-13-16-7-9-27(10-8-16)14-18-2-1-11-29-18;/h1-6,11,16H,7-10,12-14H2,(H3,24,25,26);1H. The van der Waals surface area contributed by atoms with Gasteiger partial charge < -0.3 is 15.8 Å². The van der Waals surface area contributed by atoms with E-state index in [1.807, 2.05) is 0 Å². The Labute approximate surface area is 195 Å². The van der Waals surface area contributed by atoms with Gasteiger partial charge in [-0.05, 0) is 61.0 Å². The van der Waals surface area contributed by atoms with Crippen molar-refractivity contribution in [3.8, 4) is 5.75 Å². The fourth-order valence-electron chi connectivity index (χ4n) is 3.25. The molecule has 0 radical (unpaired) electrons. The molecule has 1 aliphatic heterocycles. The highest BCUT2D eigenvalue weighted by Gasteiger charge is 2.30. The van der Waals surface area contributed by atoms with Crippen molar-refractivity contribution in [1.29, 1.82) is 0 Å². The number of guanidine groups is 1. The maximum absolute atomic E-state index is 12.2. The summed E-state index contributed by atoms with van der Waals surface area (Å²) in [6.07, 6.45) is -2.45. The molecule has 1 aromatic carbocycles. The number of likely N-dealkylation sites (tertiary alicyclic amines) is 1. The number of rotatable bonds is 7. The smallest absolute Gasteiger partial charge is 0.406 e. The third-order valence-electron chi connectivity index (χ3n) is 4.83. The summed E-state index contributed by atoms with van der Waals surface area (Å²) in [6.45, 7) is 4.25. The molecule has 2 aromatic rings. The van der Waals surface area contributed by atoms with E-state index in [0.29, 0.717) is 18.4 Å². The van der Waals surface area contributed by atoms with E-state index in [4.69, 9.17) is 5.73 Å². The number of nitrogens with two attached hydrogens (primary N) is 1. The van der Waals surface area contributed by atoms with Gasteiger partial charge in [-0.25, -0.2) is 4.99 Å². The van der Waals surface area contributed by atoms with Gasteiger partial charge in [0.2, 0.25) is 0 Å². The van der Waals surface area contributed by atoms with Gasteiger partial charge in [0, 0.05) is 18.0 Å². The normalized spacial score (nSPS) is 16.2. The minimum Gasteiger partial charge on any atom is -0.406 e. The van der Waals surface area contributed by atoms with Gasteiger partial charge in [0.15, 0.2) is 5.96 Å². The second-order valence-electron chi connectivity index (χ2n) is 7.07. The predicted octanol–water partition coefficient (Wildman–Crippen LogP) is 4.58. The Morgan fingerprint density at radius 3 is 2.50 bits per heavy atom. The second kappa shape index (κ2) is 11.8. The van der Waals surface area contributed by atoms with Gasteiger partial charge in [0.1, 0.15) is 5.75 Å². The number of hydrogen-bond donors (Lipinski definition) is 2. The number of benzene rings is 1. The summed E-state index contributed by atoms with van der Waals surface area (Å²) in [4.78, 5) is 8.14. The number of aliphatic imine (C=N–C) groups is 1. The van der Waals surface area contributed by atoms with Gasteiger partial charge in [-0.1, -0.05) is 18.2 Å². The summed E-state index contributed by atoms with van der Waals surface area (Å²) >= 11 is 1.79. The van der Waals surface area contributed by atoms with E-state index in [2.05, 4.69) is 37.5 Å². The van der Waals surface area contributed by atoms with Crippen LogP contribution in [-0.2, 0) is 13.1 Å². The van der Waals surface area contributed by atoms with E-state index < -0.39 is 6.36 Å². The number of halogens is 4. The minimum atomic E-state index is -4.69. The molecule has 2 heterocycles. The molecule has 0 aliphatic carbocycles. The van der Waals surface area contributed by atoms with E-state index in [1.54, 1.807) is 23.5 Å². The van der Waals surface area contributed by atoms with E-state index in [-0.39, 0.29) is 29.7 Å². The lowest BCUT2D eigenvalue weighted by atomic mass is 9.97. The second-order valence-corrected chi connectivity index (χ2v) is 8.11. The molecule has 3 rings (SSSR count). The lowest BCUT2D eigenvalue weighted by Gasteiger charge is -2.31. The van der Waals surface area contributed by atoms with Crippen molar-refractivity contribution >= 4 is 41.3 Å². The molecular formula is C20H26F3IN4OS. The number of ether oxygens (including phenoxy) is 1. The number of thiophene rings is 1. The molecule has 3 N–H and O–H groups in total. The monoisotopic (exact) mass is 554 g/mol. The molecule has 0 atom stereocenters. The molecule has 0 unspecified atom stereocenters. The summed E-state index contributed by atoms with van der Waals surface area (Å²) in [6, 6.07) is 9.88. The van der Waals surface area contributed by atoms with Gasteiger partial charge in [0.25, 0.3) is 0 Å². The fourth-order valence-corrected chi connectivity index (χ4v) is 4.00. The van der Waals surface area contributed by atoms with Gasteiger partial charge in [-0.15, -0.1) is 48.5 Å². The fraction of sp³-hybridized carbons (Fsp3) is 0.450. The first-order valence-electron chi connectivity index (χ1n) is 9.50. The average molecular weight is 554 g/mol. The number of nitrogens with zero attached hydrogens (tertiary/aromatic N) is 2. The Bertz CT molecular complexity index is 776. The third-order valence-corrected chi connectivity index (χ3v) is 5.69. The van der Waals surface area contributed by atoms with Gasteiger partial charge in [-0.3, -0.25) is 4.90 Å². The molecule has 0 bridgehead atoms. The molecule has 5 nitrogen and oxygen atoms in total. The van der Waals surface area contributed by atoms with Gasteiger partial charge in [-0.2, -0.15) is 0 Å². The zero-order valence-electron chi connectivity index (χ0n) is 16.4. The van der Waals surface area contributed by atoms with Gasteiger partial charge >= 0.3 is 6.36 Å². The third kappa shape index (κ3) is 8.68. The largest absolute Gasteiger partial charge is 0.573 e. The quantitative estimate of drug-likeness (QED) is 0.299. The number of hydrogen-bond acceptors (Lipinski definition) is 4. The molecule has 10 heteroatoms. The van der Waals surface area contributed by atoms with Crippen LogP contribution < -0.4 is 15.8 Å². The van der Waals surface area contributed by atoms with Gasteiger partial charge in [0.05, 0.1) is 6.54 Å². The van der Waals surface area contributed by atoms with Crippen molar-refractivity contribution in [2.45, 2.75) is 32.3 Å². The first-order valence-corrected chi connectivity index (χ1v) is 10.4. The summed E-state index contributed by atoms with van der Waals surface area (Å²) < 4.78 is 40.4. The highest BCUT2D eigenvalue weighted by atomic mass is 127. The van der Waals surface area contributed by atoms with E-state index in [1.165, 1.54) is 17.0 Å². The summed E-state index contributed by atoms with van der Waals surface area (Å²) in [5, 5.41) is 5.27. The maximum Gasteiger partial charge on any atom is 0.573 e. The predicted molar refractivity (Wildman–Crippen MR) is 124 cm³/mol. The Hall–Kier alpha value is -1.53. The first-order chi connectivity index (χ1) is 13.9. The van der Waals surface area contributed by atoms with Crippen LogP contribution in [0.2, 0.25) is 0 Å². The molecule has 0 spiro atoms. The van der Waals surface area contributed by atoms with Crippen LogP contribution in [0.15, 0.2) is 46.8 Å². The number of alkyl halides is 3. The van der Waals surface area contributed by atoms with Crippen LogP contribution in [0.25, 0.3) is 0 Å². The molecule has 1 aromatic heterocycles. The van der Waals surface area contributed by atoms with E-state index in [0.717, 1.165) is 44.6 Å². The molecule has 1 aliphatic rings. The molecule has 30 heavy (non-hydrogen) atoms. The Kier molecular flexibility index (Phi) is 9.69. The molecule has 166 valence electrons. The van der Waals surface area contributed by atoms with Crippen LogP contribution in [-0.4, -0.2) is 36.9 Å². The Morgan fingerprint density at radius 1 is 1.20 bits per heavy atom. The van der Waals surface area contributed by atoms with Crippen molar-refractivity contribution in [2.24, 2.45) is 16.6 Å². The number of nitrogens with one attached hydrogen (secondary N) is 1. The molecular weight excluding hydrogens is 528 g/mol. The minimum absolute atomic E-state index is 0. The topological polar surface area (TPSA) is 62.9 Å². The number of piperidine rings is 1. The molecule has 1 fully saturated rings. The lowest BCUT2D eigenvalue weighted by Crippen LogP contribution is -2.40. The van der Waals surface area contributed by atoms with E-state index >= 15 is 0 Å². The first kappa shape index (κ1) is 24.7. The van der Waals surface area contributed by atoms with Crippen LogP contribution >= 0.6 is 35.3 Å². The van der Waals surface area contributed by atoms with Crippen molar-refractivity contribution in [3.05, 3.63) is 52.2 Å². The van der Waals surface area contributed by atoms with Crippen molar-refractivity contribution in [1.82, 2.24) is 10.2 Å². The molecule has 0 saturated carbocycles. The zero-order chi connectivity index (χ0) is 20.7. The highest BCUT2D eigenvalue weighted by Crippen LogP contribution is 2.23. The maximum atomic E-state index is 12.2. The van der Waals surface area contributed by atoms with Crippen LogP contribution in [0.4, 0.5) is 13.2 Å². The van der Waals surface area contributed by atoms with Crippen molar-refractivity contribution in [3.63, 3.8) is 0 Å². The SMILES string of the molecule is I.NC(=NCc1ccc(OC(F)(F)F)cc1)NCC1CCN(Cc2cccs2)CC1. The molecule has 0 amide bonds. The Balaban J connectivity index is 0.00000320. The van der Waals surface area contributed by atoms with Crippen LogP contribution in [0.5, 0.6) is 5.75 Å². The van der Waals surface area contributed by atoms with Crippen LogP contribution in [0, 0.1) is 5.92 Å². The summed E-state index contributed by atoms with van der Waals surface area (Å²) in [7, 11) is 0. The summed E-state index contributed by atoms with van der Waals surface area (Å²) in [5.41, 5.74) is 6.68. The molecule has 1 saturated heterocycles. The van der Waals surface area contributed by atoms with Crippen molar-refractivity contribution < 1.29 is 17.9 Å². The summed E-state index contributed by atoms with van der Waals surface area (Å²) in [5.74, 6) is 0.658. The lowest BCUT2D eigenvalue weighted by molar-refractivity contribution is -0.274. The average Bonchev–Trinajstić information content (AvgIpc) is 3.19. The van der Waals surface area contributed by atoms with E-state index in [9.17, 15) is 13.2 Å². The van der Waals surface area contributed by atoms with Crippen LogP contribution in [0.3, 0.4) is 0 Å². The van der Waals surface area contributed by atoms with Crippen LogP contribution in [0.1, 0.15) is 23.3 Å². The highest BCUT2D eigenvalue weighted by molar-refractivity contribution is 14.0. The van der Waals surface area contributed by atoms with Crippen molar-refractivity contribution in [2.75, 3.05) is 19.6 Å². The zero-order valence-corrected chi connectivity index (χ0v) is 19.5. The Morgan fingerprint density at radius 2 is 1.90 bits per heavy atom.